The van der Waals surface area contributed by atoms with Crippen molar-refractivity contribution in [2.24, 2.45) is 0 Å². The fourth-order valence-electron chi connectivity index (χ4n) is 0.763. The van der Waals surface area contributed by atoms with Crippen LogP contribution >= 0.6 is 0 Å². The fraction of sp³-hybridized carbons (Fsp3) is 0. The second kappa shape index (κ2) is 3.03. The van der Waals surface area contributed by atoms with Gasteiger partial charge in [0.25, 0.3) is 0 Å². The van der Waals surface area contributed by atoms with Gasteiger partial charge < -0.3 is 14.6 Å². The molecule has 1 rings (SSSR count). The standard InChI is InChI=1S/C8H4O5/c1-2-4-3-5(7(9)10)13-6(4)8(11)12/h1,3H,(H,9,10)(H,11,12). The molecule has 0 unspecified atom stereocenters. The van der Waals surface area contributed by atoms with Gasteiger partial charge in [-0.05, 0) is 0 Å². The van der Waals surface area contributed by atoms with E-state index in [1.54, 1.807) is 0 Å². The van der Waals surface area contributed by atoms with Crippen LogP contribution in [0.2, 0.25) is 0 Å². The van der Waals surface area contributed by atoms with E-state index in [4.69, 9.17) is 16.6 Å². The number of rotatable bonds is 2. The lowest BCUT2D eigenvalue weighted by Gasteiger charge is -1.86. The zero-order valence-electron chi connectivity index (χ0n) is 6.27. The summed E-state index contributed by atoms with van der Waals surface area (Å²) >= 11 is 0. The molecular weight excluding hydrogens is 176 g/mol. The van der Waals surface area contributed by atoms with Crippen LogP contribution in [0.3, 0.4) is 0 Å². The van der Waals surface area contributed by atoms with Crippen molar-refractivity contribution < 1.29 is 24.2 Å². The third-order valence-electron chi connectivity index (χ3n) is 1.29. The van der Waals surface area contributed by atoms with Crippen LogP contribution in [0, 0.1) is 12.3 Å². The summed E-state index contributed by atoms with van der Waals surface area (Å²) in [7, 11) is 0. The number of furan rings is 1. The first-order valence-corrected chi connectivity index (χ1v) is 3.13. The molecule has 0 aromatic carbocycles. The summed E-state index contributed by atoms with van der Waals surface area (Å²) in [4.78, 5) is 20.8. The third kappa shape index (κ3) is 1.51. The Labute approximate surface area is 72.6 Å². The summed E-state index contributed by atoms with van der Waals surface area (Å²) in [5, 5.41) is 17.0. The molecule has 13 heavy (non-hydrogen) atoms. The quantitative estimate of drug-likeness (QED) is 0.652. The van der Waals surface area contributed by atoms with Gasteiger partial charge in [-0.15, -0.1) is 6.42 Å². The minimum absolute atomic E-state index is 0.0788. The van der Waals surface area contributed by atoms with Gasteiger partial charge in [0, 0.05) is 6.07 Å². The lowest BCUT2D eigenvalue weighted by molar-refractivity contribution is 0.0631. The summed E-state index contributed by atoms with van der Waals surface area (Å²) in [5.74, 6) is -1.74. The Morgan fingerprint density at radius 3 is 2.31 bits per heavy atom. The molecule has 0 saturated heterocycles. The molecular formula is C8H4O5. The second-order valence-corrected chi connectivity index (χ2v) is 2.11. The lowest BCUT2D eigenvalue weighted by atomic mass is 10.2. The van der Waals surface area contributed by atoms with Gasteiger partial charge in [-0.2, -0.15) is 0 Å². The highest BCUT2D eigenvalue weighted by atomic mass is 16.4. The van der Waals surface area contributed by atoms with Crippen LogP contribution in [0.15, 0.2) is 10.5 Å². The molecule has 1 heterocycles. The molecule has 66 valence electrons. The van der Waals surface area contributed by atoms with Crippen LogP contribution in [0.5, 0.6) is 0 Å². The fourth-order valence-corrected chi connectivity index (χ4v) is 0.763. The zero-order chi connectivity index (χ0) is 10.0. The number of aromatic carboxylic acids is 2. The van der Waals surface area contributed by atoms with Gasteiger partial charge in [-0.3, -0.25) is 0 Å². The molecule has 5 nitrogen and oxygen atoms in total. The van der Waals surface area contributed by atoms with E-state index in [-0.39, 0.29) is 5.56 Å². The largest absolute Gasteiger partial charge is 0.475 e. The SMILES string of the molecule is C#Cc1cc(C(=O)O)oc1C(=O)O. The van der Waals surface area contributed by atoms with Crippen molar-refractivity contribution in [2.45, 2.75) is 0 Å². The highest BCUT2D eigenvalue weighted by molar-refractivity contribution is 5.91. The van der Waals surface area contributed by atoms with E-state index in [9.17, 15) is 9.59 Å². The Balaban J connectivity index is 3.29. The molecule has 0 aliphatic carbocycles. The molecule has 0 saturated carbocycles. The van der Waals surface area contributed by atoms with E-state index < -0.39 is 23.5 Å². The number of carboxylic acid groups (broad SMARTS) is 2. The van der Waals surface area contributed by atoms with Crippen LogP contribution in [-0.2, 0) is 0 Å². The van der Waals surface area contributed by atoms with Gasteiger partial charge in [0.05, 0.1) is 5.56 Å². The Hall–Kier alpha value is -2.22. The van der Waals surface area contributed by atoms with E-state index in [0.717, 1.165) is 6.07 Å². The van der Waals surface area contributed by atoms with Gasteiger partial charge in [-0.25, -0.2) is 9.59 Å². The van der Waals surface area contributed by atoms with E-state index in [1.165, 1.54) is 0 Å². The van der Waals surface area contributed by atoms with Crippen LogP contribution in [0.25, 0.3) is 0 Å². The Morgan fingerprint density at radius 2 is 2.00 bits per heavy atom. The van der Waals surface area contributed by atoms with Crippen molar-refractivity contribution >= 4 is 11.9 Å². The van der Waals surface area contributed by atoms with Crippen molar-refractivity contribution in [3.8, 4) is 12.3 Å². The maximum absolute atomic E-state index is 10.4. The molecule has 0 aliphatic rings. The van der Waals surface area contributed by atoms with Crippen molar-refractivity contribution in [2.75, 3.05) is 0 Å². The van der Waals surface area contributed by atoms with Crippen molar-refractivity contribution in [1.82, 2.24) is 0 Å². The summed E-state index contributed by atoms with van der Waals surface area (Å²) in [5.41, 5.74) is -0.0788. The molecule has 0 atom stereocenters. The van der Waals surface area contributed by atoms with Crippen LogP contribution < -0.4 is 0 Å². The molecule has 0 fully saturated rings. The maximum atomic E-state index is 10.4. The van der Waals surface area contributed by atoms with Crippen LogP contribution in [0.4, 0.5) is 0 Å². The minimum atomic E-state index is -1.39. The summed E-state index contributed by atoms with van der Waals surface area (Å²) < 4.78 is 4.49. The third-order valence-corrected chi connectivity index (χ3v) is 1.29. The second-order valence-electron chi connectivity index (χ2n) is 2.11. The highest BCUT2D eigenvalue weighted by Gasteiger charge is 2.19. The van der Waals surface area contributed by atoms with Gasteiger partial charge in [0.15, 0.2) is 0 Å². The number of hydrogen-bond acceptors (Lipinski definition) is 3. The summed E-state index contributed by atoms with van der Waals surface area (Å²) in [6.45, 7) is 0. The van der Waals surface area contributed by atoms with Crippen LogP contribution in [-0.4, -0.2) is 22.2 Å². The van der Waals surface area contributed by atoms with E-state index in [1.807, 2.05) is 5.92 Å². The van der Waals surface area contributed by atoms with Crippen molar-refractivity contribution in [3.05, 3.63) is 23.2 Å². The van der Waals surface area contributed by atoms with E-state index in [0.29, 0.717) is 0 Å². The van der Waals surface area contributed by atoms with Crippen molar-refractivity contribution in [1.29, 1.82) is 0 Å². The number of terminal acetylenes is 1. The molecule has 5 heteroatoms. The zero-order valence-corrected chi connectivity index (χ0v) is 6.27. The summed E-state index contributed by atoms with van der Waals surface area (Å²) in [6.07, 6.45) is 4.94. The Bertz CT molecular complexity index is 407. The molecule has 2 N–H and O–H groups in total. The molecule has 0 bridgehead atoms. The number of carbonyl (C=O) groups is 2. The molecule has 0 amide bonds. The van der Waals surface area contributed by atoms with Gasteiger partial charge in [-0.1, -0.05) is 5.92 Å². The average molecular weight is 180 g/mol. The van der Waals surface area contributed by atoms with Gasteiger partial charge in [0.1, 0.15) is 0 Å². The molecule has 0 aliphatic heterocycles. The summed E-state index contributed by atoms with van der Waals surface area (Å²) in [6, 6.07) is 0.992. The van der Waals surface area contributed by atoms with E-state index >= 15 is 0 Å². The smallest absolute Gasteiger partial charge is 0.373 e. The first kappa shape index (κ1) is 8.87. The molecule has 0 spiro atoms. The molecule has 1 aromatic rings. The van der Waals surface area contributed by atoms with Gasteiger partial charge >= 0.3 is 11.9 Å². The predicted molar refractivity (Wildman–Crippen MR) is 40.6 cm³/mol. The van der Waals surface area contributed by atoms with Gasteiger partial charge in [0.2, 0.25) is 11.5 Å². The first-order chi connectivity index (χ1) is 6.06. The average Bonchev–Trinajstić information content (AvgIpc) is 2.47. The Kier molecular flexibility index (Phi) is 2.07. The number of hydrogen-bond donors (Lipinski definition) is 2. The maximum Gasteiger partial charge on any atom is 0.373 e. The first-order valence-electron chi connectivity index (χ1n) is 3.13. The predicted octanol–water partition coefficient (Wildman–Crippen LogP) is 0.657. The molecule has 1 aromatic heterocycles. The Morgan fingerprint density at radius 1 is 1.38 bits per heavy atom. The van der Waals surface area contributed by atoms with Crippen LogP contribution in [0.1, 0.15) is 26.7 Å². The van der Waals surface area contributed by atoms with E-state index in [2.05, 4.69) is 4.42 Å². The number of carboxylic acids is 2. The normalized spacial score (nSPS) is 9.15. The van der Waals surface area contributed by atoms with Crippen molar-refractivity contribution in [3.63, 3.8) is 0 Å². The molecule has 0 radical (unpaired) electrons. The topological polar surface area (TPSA) is 87.7 Å². The lowest BCUT2D eigenvalue weighted by Crippen LogP contribution is -1.96. The monoisotopic (exact) mass is 180 g/mol. The minimum Gasteiger partial charge on any atom is -0.475 e. The highest BCUT2D eigenvalue weighted by Crippen LogP contribution is 2.14.